The van der Waals surface area contributed by atoms with Crippen LogP contribution in [0.1, 0.15) is 50.2 Å². The Balaban J connectivity index is 1.74. The van der Waals surface area contributed by atoms with Crippen LogP contribution in [0.2, 0.25) is 0 Å². The van der Waals surface area contributed by atoms with E-state index >= 15 is 0 Å². The van der Waals surface area contributed by atoms with Crippen molar-refractivity contribution in [3.8, 4) is 0 Å². The van der Waals surface area contributed by atoms with Gasteiger partial charge in [0.05, 0.1) is 26.2 Å². The number of alkyl halides is 2. The summed E-state index contributed by atoms with van der Waals surface area (Å²) in [6, 6.07) is 0. The quantitative estimate of drug-likeness (QED) is 0.226. The SMILES string of the molecule is Cc1n(CCCCn2cc[n+](CCCCBr)c2C)cc[n+]1CCCCBr. The molecule has 6 heteroatoms. The second-order valence-corrected chi connectivity index (χ2v) is 8.55. The van der Waals surface area contributed by atoms with E-state index in [1.54, 1.807) is 0 Å². The van der Waals surface area contributed by atoms with Gasteiger partial charge in [-0.25, -0.2) is 18.3 Å². The van der Waals surface area contributed by atoms with Crippen molar-refractivity contribution >= 4 is 31.9 Å². The number of nitrogens with zero attached hydrogens (tertiary/aromatic N) is 4. The predicted molar refractivity (Wildman–Crippen MR) is 114 cm³/mol. The Morgan fingerprint density at radius 2 is 1.12 bits per heavy atom. The lowest BCUT2D eigenvalue weighted by Gasteiger charge is -2.03. The van der Waals surface area contributed by atoms with Crippen molar-refractivity contribution in [1.82, 2.24) is 9.13 Å². The van der Waals surface area contributed by atoms with E-state index in [2.05, 4.69) is 88.8 Å². The lowest BCUT2D eigenvalue weighted by molar-refractivity contribution is -0.703. The highest BCUT2D eigenvalue weighted by atomic mass is 79.9. The first kappa shape index (κ1) is 21.7. The number of rotatable bonds is 13. The van der Waals surface area contributed by atoms with Gasteiger partial charge in [0, 0.05) is 24.5 Å². The molecule has 0 fully saturated rings. The molecule has 0 bridgehead atoms. The summed E-state index contributed by atoms with van der Waals surface area (Å²) < 4.78 is 9.57. The Morgan fingerprint density at radius 1 is 0.692 bits per heavy atom. The third kappa shape index (κ3) is 6.52. The van der Waals surface area contributed by atoms with Gasteiger partial charge < -0.3 is 0 Å². The largest absolute Gasteiger partial charge is 0.253 e. The van der Waals surface area contributed by atoms with Gasteiger partial charge in [-0.1, -0.05) is 31.9 Å². The molecule has 2 aromatic heterocycles. The van der Waals surface area contributed by atoms with Crippen LogP contribution in [0.25, 0.3) is 0 Å². The van der Waals surface area contributed by atoms with Crippen molar-refractivity contribution in [2.24, 2.45) is 0 Å². The number of halogens is 2. The van der Waals surface area contributed by atoms with Crippen molar-refractivity contribution in [2.45, 2.75) is 78.6 Å². The number of hydrogen-bond acceptors (Lipinski definition) is 0. The summed E-state index contributed by atoms with van der Waals surface area (Å²) in [5.74, 6) is 2.75. The van der Waals surface area contributed by atoms with Gasteiger partial charge in [-0.15, -0.1) is 0 Å². The molecule has 0 radical (unpaired) electrons. The second kappa shape index (κ2) is 12.0. The van der Waals surface area contributed by atoms with Crippen molar-refractivity contribution in [1.29, 1.82) is 0 Å². The minimum Gasteiger partial charge on any atom is -0.234 e. The standard InChI is InChI=1S/C20H34Br2N4/c1-19-23(11-5-3-9-21)15-17-25(19)13-7-8-14-26-18-16-24(20(26)2)12-6-4-10-22/h15-18H,3-14H2,1-2H3/q+2. The molecular weight excluding hydrogens is 456 g/mol. The zero-order chi connectivity index (χ0) is 18.8. The summed E-state index contributed by atoms with van der Waals surface area (Å²) in [6.07, 6.45) is 16.3. The topological polar surface area (TPSA) is 17.6 Å². The van der Waals surface area contributed by atoms with Crippen molar-refractivity contribution in [2.75, 3.05) is 10.7 Å². The predicted octanol–water partition coefficient (Wildman–Crippen LogP) is 4.31. The van der Waals surface area contributed by atoms with Gasteiger partial charge in [0.1, 0.15) is 24.8 Å². The van der Waals surface area contributed by atoms with Gasteiger partial charge in [-0.3, -0.25) is 0 Å². The first-order valence-electron chi connectivity index (χ1n) is 9.89. The number of aryl methyl sites for hydroxylation is 4. The second-order valence-electron chi connectivity index (χ2n) is 6.96. The summed E-state index contributed by atoms with van der Waals surface area (Å²) in [5.41, 5.74) is 0. The van der Waals surface area contributed by atoms with Crippen molar-refractivity contribution in [3.05, 3.63) is 36.4 Å². The molecule has 0 aromatic carbocycles. The minimum atomic E-state index is 1.10. The highest BCUT2D eigenvalue weighted by molar-refractivity contribution is 9.09. The number of imidazole rings is 2. The van der Waals surface area contributed by atoms with E-state index in [0.29, 0.717) is 0 Å². The van der Waals surface area contributed by atoms with Crippen molar-refractivity contribution in [3.63, 3.8) is 0 Å². The van der Waals surface area contributed by atoms with Crippen LogP contribution >= 0.6 is 31.9 Å². The van der Waals surface area contributed by atoms with Crippen LogP contribution in [0.4, 0.5) is 0 Å². The van der Waals surface area contributed by atoms with Crippen LogP contribution in [-0.2, 0) is 26.2 Å². The molecule has 26 heavy (non-hydrogen) atoms. The lowest BCUT2D eigenvalue weighted by atomic mass is 10.3. The highest BCUT2D eigenvalue weighted by Crippen LogP contribution is 2.04. The van der Waals surface area contributed by atoms with Crippen LogP contribution in [0, 0.1) is 13.8 Å². The molecule has 0 aliphatic heterocycles. The van der Waals surface area contributed by atoms with E-state index in [9.17, 15) is 0 Å². The Morgan fingerprint density at radius 3 is 1.50 bits per heavy atom. The smallest absolute Gasteiger partial charge is 0.234 e. The van der Waals surface area contributed by atoms with Crippen LogP contribution in [0.5, 0.6) is 0 Å². The number of unbranched alkanes of at least 4 members (excludes halogenated alkanes) is 3. The maximum absolute atomic E-state index is 3.51. The first-order chi connectivity index (χ1) is 12.7. The average molecular weight is 490 g/mol. The molecule has 0 aliphatic rings. The molecule has 146 valence electrons. The lowest BCUT2D eigenvalue weighted by Crippen LogP contribution is -2.35. The van der Waals surface area contributed by atoms with E-state index < -0.39 is 0 Å². The molecule has 0 saturated carbocycles. The first-order valence-corrected chi connectivity index (χ1v) is 12.1. The molecule has 2 rings (SSSR count). The summed E-state index contributed by atoms with van der Waals surface area (Å²) in [4.78, 5) is 0. The summed E-state index contributed by atoms with van der Waals surface area (Å²) in [7, 11) is 0. The summed E-state index contributed by atoms with van der Waals surface area (Å²) >= 11 is 7.02. The number of aromatic nitrogens is 4. The fourth-order valence-electron chi connectivity index (χ4n) is 3.35. The normalized spacial score (nSPS) is 11.4. The van der Waals surface area contributed by atoms with Gasteiger partial charge in [0.15, 0.2) is 0 Å². The maximum atomic E-state index is 3.51. The molecular formula is C20H34Br2N4+2. The molecule has 4 nitrogen and oxygen atoms in total. The van der Waals surface area contributed by atoms with Gasteiger partial charge >= 0.3 is 0 Å². The van der Waals surface area contributed by atoms with Gasteiger partial charge in [-0.05, 0) is 38.5 Å². The molecule has 0 saturated heterocycles. The Labute approximate surface area is 175 Å². The van der Waals surface area contributed by atoms with E-state index in [1.165, 1.54) is 50.2 Å². The molecule has 0 spiro atoms. The van der Waals surface area contributed by atoms with Crippen molar-refractivity contribution < 1.29 is 9.13 Å². The molecule has 0 amide bonds. The van der Waals surface area contributed by atoms with Gasteiger partial charge in [0.2, 0.25) is 0 Å². The minimum absolute atomic E-state index is 1.10. The molecule has 0 aliphatic carbocycles. The zero-order valence-corrected chi connectivity index (χ0v) is 19.5. The van der Waals surface area contributed by atoms with Gasteiger partial charge in [0.25, 0.3) is 11.6 Å². The molecule has 0 unspecified atom stereocenters. The fourth-order valence-corrected chi connectivity index (χ4v) is 4.14. The summed E-state index contributed by atoms with van der Waals surface area (Å²) in [6.45, 7) is 8.95. The van der Waals surface area contributed by atoms with E-state index in [0.717, 1.165) is 36.8 Å². The highest BCUT2D eigenvalue weighted by Gasteiger charge is 2.13. The Hall–Kier alpha value is -0.620. The zero-order valence-electron chi connectivity index (χ0n) is 16.3. The van der Waals surface area contributed by atoms with E-state index in [4.69, 9.17) is 0 Å². The van der Waals surface area contributed by atoms with Crippen LogP contribution < -0.4 is 9.13 Å². The fraction of sp³-hybridized carbons (Fsp3) is 0.700. The van der Waals surface area contributed by atoms with Gasteiger partial charge in [-0.2, -0.15) is 0 Å². The third-order valence-corrected chi connectivity index (χ3v) is 6.25. The van der Waals surface area contributed by atoms with Crippen LogP contribution in [0.3, 0.4) is 0 Å². The molecule has 2 aromatic rings. The van der Waals surface area contributed by atoms with Crippen LogP contribution in [0.15, 0.2) is 24.8 Å². The van der Waals surface area contributed by atoms with E-state index in [1.807, 2.05) is 0 Å². The number of hydrogen-bond donors (Lipinski definition) is 0. The Kier molecular flexibility index (Phi) is 9.97. The van der Waals surface area contributed by atoms with Crippen LogP contribution in [-0.4, -0.2) is 19.8 Å². The third-order valence-electron chi connectivity index (χ3n) is 5.13. The summed E-state index contributed by atoms with van der Waals surface area (Å²) in [5, 5.41) is 2.20. The monoisotopic (exact) mass is 488 g/mol. The average Bonchev–Trinajstić information content (AvgIpc) is 3.16. The molecule has 0 N–H and O–H groups in total. The van der Waals surface area contributed by atoms with E-state index in [-0.39, 0.29) is 0 Å². The Bertz CT molecular complexity index is 592. The molecule has 2 heterocycles. The molecule has 0 atom stereocenters. The maximum Gasteiger partial charge on any atom is 0.253 e.